The summed E-state index contributed by atoms with van der Waals surface area (Å²) in [4.78, 5) is 7.57. The molecule has 0 saturated heterocycles. The van der Waals surface area contributed by atoms with Crippen molar-refractivity contribution in [2.24, 2.45) is 0 Å². The van der Waals surface area contributed by atoms with E-state index in [0.717, 1.165) is 0 Å². The predicted octanol–water partition coefficient (Wildman–Crippen LogP) is 3.22. The molecule has 1 aliphatic carbocycles. The number of nitrogens with one attached hydrogen (secondary N) is 2. The van der Waals surface area contributed by atoms with Crippen LogP contribution in [0.5, 0.6) is 5.88 Å². The van der Waals surface area contributed by atoms with Crippen LogP contribution in [-0.4, -0.2) is 41.7 Å². The van der Waals surface area contributed by atoms with Crippen molar-refractivity contribution < 1.29 is 31.4 Å². The lowest BCUT2D eigenvalue weighted by Crippen LogP contribution is -2.30. The highest BCUT2D eigenvalue weighted by molar-refractivity contribution is 7.89. The first-order chi connectivity index (χ1) is 14.5. The molecule has 2 atom stereocenters. The number of halogens is 3. The van der Waals surface area contributed by atoms with Crippen molar-refractivity contribution in [2.75, 3.05) is 5.32 Å². The molecule has 1 heterocycles. The molecule has 0 amide bonds. The van der Waals surface area contributed by atoms with Crippen LogP contribution in [0, 0.1) is 0 Å². The number of ether oxygens (including phenoxy) is 1. The van der Waals surface area contributed by atoms with Gasteiger partial charge in [0.25, 0.3) is 0 Å². The number of aliphatic hydroxyl groups is 1. The smallest absolute Gasteiger partial charge is 0.423 e. The van der Waals surface area contributed by atoms with Gasteiger partial charge < -0.3 is 15.2 Å². The Morgan fingerprint density at radius 1 is 1.19 bits per heavy atom. The molecule has 1 aromatic heterocycles. The summed E-state index contributed by atoms with van der Waals surface area (Å²) in [6.45, 7) is 3.39. The molecule has 1 fully saturated rings. The van der Waals surface area contributed by atoms with E-state index in [4.69, 9.17) is 4.74 Å². The van der Waals surface area contributed by atoms with Gasteiger partial charge in [-0.15, -0.1) is 0 Å². The zero-order chi connectivity index (χ0) is 22.8. The second-order valence-corrected chi connectivity index (χ2v) is 9.20. The molecule has 0 radical (unpaired) electrons. The average Bonchev–Trinajstić information content (AvgIpc) is 3.05. The normalized spacial score (nSPS) is 19.6. The maximum absolute atomic E-state index is 13.3. The summed E-state index contributed by atoms with van der Waals surface area (Å²) in [5.74, 6) is -0.831. The predicted molar refractivity (Wildman–Crippen MR) is 106 cm³/mol. The molecule has 0 aliphatic heterocycles. The van der Waals surface area contributed by atoms with Crippen LogP contribution in [-0.2, 0) is 16.2 Å². The SMILES string of the molecule is CC(C)NS(=O)(=O)c1ccc(Nc2ncc(C(F)(F)F)c(OC3CCCC3O)n2)cc1. The summed E-state index contributed by atoms with van der Waals surface area (Å²) in [6.07, 6.45) is -4.24. The Labute approximate surface area is 177 Å². The van der Waals surface area contributed by atoms with Crippen LogP contribution in [0.3, 0.4) is 0 Å². The van der Waals surface area contributed by atoms with Gasteiger partial charge in [-0.2, -0.15) is 18.2 Å². The minimum atomic E-state index is -4.73. The van der Waals surface area contributed by atoms with Crippen LogP contribution >= 0.6 is 0 Å². The number of sulfonamides is 1. The Morgan fingerprint density at radius 2 is 1.87 bits per heavy atom. The Kier molecular flexibility index (Phi) is 6.72. The van der Waals surface area contributed by atoms with Gasteiger partial charge in [-0.05, 0) is 57.4 Å². The molecule has 1 aromatic carbocycles. The molecule has 3 rings (SSSR count). The van der Waals surface area contributed by atoms with Gasteiger partial charge in [0.05, 0.1) is 11.0 Å². The van der Waals surface area contributed by atoms with E-state index in [2.05, 4.69) is 20.0 Å². The molecule has 170 valence electrons. The van der Waals surface area contributed by atoms with Crippen LogP contribution < -0.4 is 14.8 Å². The fraction of sp³-hybridized carbons (Fsp3) is 0.474. The van der Waals surface area contributed by atoms with Crippen LogP contribution in [0.25, 0.3) is 0 Å². The molecule has 8 nitrogen and oxygen atoms in total. The molecule has 2 aromatic rings. The molecule has 2 unspecified atom stereocenters. The zero-order valence-corrected chi connectivity index (χ0v) is 17.7. The minimum absolute atomic E-state index is 0.0410. The van der Waals surface area contributed by atoms with Gasteiger partial charge >= 0.3 is 6.18 Å². The van der Waals surface area contributed by atoms with Crippen molar-refractivity contribution in [1.82, 2.24) is 14.7 Å². The number of hydrogen-bond acceptors (Lipinski definition) is 7. The Balaban J connectivity index is 1.82. The van der Waals surface area contributed by atoms with E-state index in [-0.39, 0.29) is 16.9 Å². The average molecular weight is 460 g/mol. The number of nitrogens with zero attached hydrogens (tertiary/aromatic N) is 2. The van der Waals surface area contributed by atoms with Crippen molar-refractivity contribution in [3.63, 3.8) is 0 Å². The molecule has 1 saturated carbocycles. The Bertz CT molecular complexity index is 1010. The molecule has 1 aliphatic rings. The second-order valence-electron chi connectivity index (χ2n) is 7.49. The highest BCUT2D eigenvalue weighted by Crippen LogP contribution is 2.37. The molecule has 0 spiro atoms. The third kappa shape index (κ3) is 5.83. The van der Waals surface area contributed by atoms with Crippen molar-refractivity contribution in [1.29, 1.82) is 0 Å². The molecular formula is C19H23F3N4O4S. The zero-order valence-electron chi connectivity index (χ0n) is 16.8. The fourth-order valence-corrected chi connectivity index (χ4v) is 4.37. The molecule has 12 heteroatoms. The standard InChI is InChI=1S/C19H23F3N4O4S/c1-11(2)26-31(28,29)13-8-6-12(7-9-13)24-18-23-10-14(19(20,21)22)17(25-18)30-16-5-3-4-15(16)27/h6-11,15-16,26-27H,3-5H2,1-2H3,(H,23,24,25). The summed E-state index contributed by atoms with van der Waals surface area (Å²) in [6, 6.07) is 5.31. The van der Waals surface area contributed by atoms with E-state index >= 15 is 0 Å². The number of alkyl halides is 3. The highest BCUT2D eigenvalue weighted by atomic mass is 32.2. The van der Waals surface area contributed by atoms with Gasteiger partial charge in [-0.1, -0.05) is 0 Å². The van der Waals surface area contributed by atoms with Gasteiger partial charge in [0, 0.05) is 17.9 Å². The number of aromatic nitrogens is 2. The number of anilines is 2. The molecule has 3 N–H and O–H groups in total. The molecule has 0 bridgehead atoms. The van der Waals surface area contributed by atoms with Gasteiger partial charge in [0.1, 0.15) is 11.7 Å². The van der Waals surface area contributed by atoms with Crippen molar-refractivity contribution in [2.45, 2.75) is 62.4 Å². The maximum atomic E-state index is 13.3. The second kappa shape index (κ2) is 8.97. The molecule has 31 heavy (non-hydrogen) atoms. The van der Waals surface area contributed by atoms with Crippen molar-refractivity contribution >= 4 is 21.7 Å². The van der Waals surface area contributed by atoms with E-state index < -0.39 is 39.9 Å². The first-order valence-electron chi connectivity index (χ1n) is 9.64. The first-order valence-corrected chi connectivity index (χ1v) is 11.1. The van der Waals surface area contributed by atoms with Gasteiger partial charge in [0.2, 0.25) is 21.9 Å². The number of aliphatic hydroxyl groups excluding tert-OH is 1. The lowest BCUT2D eigenvalue weighted by molar-refractivity contribution is -0.140. The first kappa shape index (κ1) is 23.2. The van der Waals surface area contributed by atoms with Crippen molar-refractivity contribution in [3.05, 3.63) is 36.0 Å². The van der Waals surface area contributed by atoms with Crippen LogP contribution in [0.15, 0.2) is 35.4 Å². The lowest BCUT2D eigenvalue weighted by Gasteiger charge is -2.20. The van der Waals surface area contributed by atoms with Crippen LogP contribution in [0.1, 0.15) is 38.7 Å². The Morgan fingerprint density at radius 3 is 2.42 bits per heavy atom. The largest absolute Gasteiger partial charge is 0.471 e. The number of benzene rings is 1. The van der Waals surface area contributed by atoms with E-state index in [1.54, 1.807) is 13.8 Å². The summed E-state index contributed by atoms with van der Waals surface area (Å²) >= 11 is 0. The summed E-state index contributed by atoms with van der Waals surface area (Å²) < 4.78 is 72.1. The monoisotopic (exact) mass is 460 g/mol. The minimum Gasteiger partial charge on any atom is -0.471 e. The maximum Gasteiger partial charge on any atom is 0.423 e. The summed E-state index contributed by atoms with van der Waals surface area (Å²) in [5.41, 5.74) is -0.770. The van der Waals surface area contributed by atoms with Crippen molar-refractivity contribution in [3.8, 4) is 5.88 Å². The van der Waals surface area contributed by atoms with E-state index in [1.807, 2.05) is 0 Å². The van der Waals surface area contributed by atoms with Crippen LogP contribution in [0.4, 0.5) is 24.8 Å². The summed E-state index contributed by atoms with van der Waals surface area (Å²) in [5, 5.41) is 12.6. The highest BCUT2D eigenvalue weighted by Gasteiger charge is 2.38. The van der Waals surface area contributed by atoms with Gasteiger partial charge in [-0.3, -0.25) is 0 Å². The van der Waals surface area contributed by atoms with E-state index in [9.17, 15) is 26.7 Å². The van der Waals surface area contributed by atoms with Crippen LogP contribution in [0.2, 0.25) is 0 Å². The summed E-state index contributed by atoms with van der Waals surface area (Å²) in [7, 11) is -3.67. The van der Waals surface area contributed by atoms with E-state index in [0.29, 0.717) is 31.1 Å². The number of hydrogen-bond donors (Lipinski definition) is 3. The number of rotatable bonds is 7. The third-order valence-electron chi connectivity index (χ3n) is 4.55. The van der Waals surface area contributed by atoms with E-state index in [1.165, 1.54) is 24.3 Å². The quantitative estimate of drug-likeness (QED) is 0.581. The topological polar surface area (TPSA) is 113 Å². The molecular weight excluding hydrogens is 437 g/mol. The van der Waals surface area contributed by atoms with Gasteiger partial charge in [0.15, 0.2) is 0 Å². The Hall–Kier alpha value is -2.44. The fourth-order valence-electron chi connectivity index (χ4n) is 3.12. The van der Waals surface area contributed by atoms with Gasteiger partial charge in [-0.25, -0.2) is 18.1 Å². The third-order valence-corrected chi connectivity index (χ3v) is 6.23. The lowest BCUT2D eigenvalue weighted by atomic mass is 10.2.